The SMILES string of the molecule is CC(=NO)c1cc(F)ccc1OCCOCCO. The number of halogens is 1. The molecule has 0 radical (unpaired) electrons. The van der Waals surface area contributed by atoms with Gasteiger partial charge in [-0.3, -0.25) is 0 Å². The lowest BCUT2D eigenvalue weighted by molar-refractivity contribution is 0.0704. The fourth-order valence-electron chi connectivity index (χ4n) is 1.34. The first kappa shape index (κ1) is 14.4. The molecule has 0 amide bonds. The molecule has 6 heteroatoms. The number of ether oxygens (including phenoxy) is 2. The van der Waals surface area contributed by atoms with Crippen LogP contribution in [0.5, 0.6) is 5.75 Å². The fourth-order valence-corrected chi connectivity index (χ4v) is 1.34. The molecule has 0 heterocycles. The lowest BCUT2D eigenvalue weighted by Gasteiger charge is -2.11. The van der Waals surface area contributed by atoms with Crippen LogP contribution in [0, 0.1) is 5.82 Å². The molecule has 0 aliphatic heterocycles. The van der Waals surface area contributed by atoms with Crippen LogP contribution >= 0.6 is 0 Å². The van der Waals surface area contributed by atoms with Gasteiger partial charge < -0.3 is 19.8 Å². The minimum absolute atomic E-state index is 0.0436. The van der Waals surface area contributed by atoms with Crippen molar-refractivity contribution in [2.75, 3.05) is 26.4 Å². The third-order valence-electron chi connectivity index (χ3n) is 2.20. The Hall–Kier alpha value is -1.66. The molecule has 0 fully saturated rings. The maximum absolute atomic E-state index is 13.1. The van der Waals surface area contributed by atoms with E-state index in [1.165, 1.54) is 18.2 Å². The summed E-state index contributed by atoms with van der Waals surface area (Å²) in [7, 11) is 0. The molecule has 0 aliphatic rings. The van der Waals surface area contributed by atoms with Crippen molar-refractivity contribution in [1.29, 1.82) is 0 Å². The normalized spacial score (nSPS) is 11.6. The van der Waals surface area contributed by atoms with E-state index >= 15 is 0 Å². The molecule has 0 unspecified atom stereocenters. The Morgan fingerprint density at radius 2 is 2.11 bits per heavy atom. The van der Waals surface area contributed by atoms with E-state index in [1.54, 1.807) is 6.92 Å². The highest BCUT2D eigenvalue weighted by molar-refractivity contribution is 6.00. The highest BCUT2D eigenvalue weighted by Gasteiger charge is 2.09. The van der Waals surface area contributed by atoms with Crippen molar-refractivity contribution in [2.24, 2.45) is 5.16 Å². The fraction of sp³-hybridized carbons (Fsp3) is 0.417. The van der Waals surface area contributed by atoms with Gasteiger partial charge in [-0.05, 0) is 25.1 Å². The molecule has 18 heavy (non-hydrogen) atoms. The standard InChI is InChI=1S/C12H16FNO4/c1-9(14-16)11-8-10(13)2-3-12(11)18-7-6-17-5-4-15/h2-3,8,15-16H,4-7H2,1H3. The van der Waals surface area contributed by atoms with Gasteiger partial charge in [0.1, 0.15) is 18.2 Å². The zero-order valence-electron chi connectivity index (χ0n) is 10.1. The number of aliphatic hydroxyl groups excluding tert-OH is 1. The molecule has 1 rings (SSSR count). The molecule has 0 aliphatic carbocycles. The molecule has 0 saturated heterocycles. The third kappa shape index (κ3) is 4.31. The minimum atomic E-state index is -0.433. The summed E-state index contributed by atoms with van der Waals surface area (Å²) in [4.78, 5) is 0. The summed E-state index contributed by atoms with van der Waals surface area (Å²) in [5.41, 5.74) is 0.653. The van der Waals surface area contributed by atoms with E-state index in [1.807, 2.05) is 0 Å². The summed E-state index contributed by atoms with van der Waals surface area (Å²) in [5, 5.41) is 20.2. The van der Waals surface area contributed by atoms with Crippen molar-refractivity contribution in [3.63, 3.8) is 0 Å². The Kier molecular flexibility index (Phi) is 6.10. The Labute approximate surface area is 104 Å². The number of rotatable bonds is 7. The maximum atomic E-state index is 13.1. The molecule has 0 saturated carbocycles. The molecule has 0 spiro atoms. The number of aliphatic hydroxyl groups is 1. The minimum Gasteiger partial charge on any atom is -0.490 e. The van der Waals surface area contributed by atoms with Crippen LogP contribution in [0.25, 0.3) is 0 Å². The van der Waals surface area contributed by atoms with E-state index in [-0.39, 0.29) is 25.5 Å². The van der Waals surface area contributed by atoms with Crippen LogP contribution in [-0.4, -0.2) is 42.5 Å². The Bertz CT molecular complexity index is 409. The van der Waals surface area contributed by atoms with E-state index < -0.39 is 5.82 Å². The molecule has 0 aromatic heterocycles. The zero-order chi connectivity index (χ0) is 13.4. The molecule has 100 valence electrons. The predicted molar refractivity (Wildman–Crippen MR) is 63.8 cm³/mol. The van der Waals surface area contributed by atoms with Crippen LogP contribution in [0.2, 0.25) is 0 Å². The zero-order valence-corrected chi connectivity index (χ0v) is 10.1. The van der Waals surface area contributed by atoms with Crippen LogP contribution in [0.3, 0.4) is 0 Å². The number of benzene rings is 1. The van der Waals surface area contributed by atoms with Gasteiger partial charge in [-0.15, -0.1) is 0 Å². The Morgan fingerprint density at radius 1 is 1.33 bits per heavy atom. The second-order valence-electron chi connectivity index (χ2n) is 3.51. The largest absolute Gasteiger partial charge is 0.490 e. The van der Waals surface area contributed by atoms with E-state index in [2.05, 4.69) is 5.16 Å². The smallest absolute Gasteiger partial charge is 0.128 e. The van der Waals surface area contributed by atoms with Crippen molar-refractivity contribution >= 4 is 5.71 Å². The van der Waals surface area contributed by atoms with Crippen molar-refractivity contribution in [2.45, 2.75) is 6.92 Å². The Balaban J connectivity index is 2.64. The Morgan fingerprint density at radius 3 is 2.78 bits per heavy atom. The summed E-state index contributed by atoms with van der Waals surface area (Å²) in [6.07, 6.45) is 0. The van der Waals surface area contributed by atoms with E-state index in [0.29, 0.717) is 17.9 Å². The van der Waals surface area contributed by atoms with Gasteiger partial charge in [0.25, 0.3) is 0 Å². The predicted octanol–water partition coefficient (Wildman–Crippen LogP) is 1.41. The molecule has 2 N–H and O–H groups in total. The highest BCUT2D eigenvalue weighted by atomic mass is 19.1. The van der Waals surface area contributed by atoms with Gasteiger partial charge in [-0.1, -0.05) is 5.16 Å². The average molecular weight is 257 g/mol. The summed E-state index contributed by atoms with van der Waals surface area (Å²) in [6, 6.07) is 3.96. The summed E-state index contributed by atoms with van der Waals surface area (Å²) in [5.74, 6) is -0.0174. The third-order valence-corrected chi connectivity index (χ3v) is 2.20. The molecule has 1 aromatic carbocycles. The monoisotopic (exact) mass is 257 g/mol. The summed E-state index contributed by atoms with van der Waals surface area (Å²) < 4.78 is 23.5. The van der Waals surface area contributed by atoms with Gasteiger partial charge in [0.05, 0.1) is 25.5 Å². The van der Waals surface area contributed by atoms with Crippen molar-refractivity contribution in [3.05, 3.63) is 29.6 Å². The van der Waals surface area contributed by atoms with Crippen LogP contribution in [0.15, 0.2) is 23.4 Å². The van der Waals surface area contributed by atoms with Crippen molar-refractivity contribution in [1.82, 2.24) is 0 Å². The highest BCUT2D eigenvalue weighted by Crippen LogP contribution is 2.20. The van der Waals surface area contributed by atoms with Crippen LogP contribution in [-0.2, 0) is 4.74 Å². The van der Waals surface area contributed by atoms with Gasteiger partial charge in [0.15, 0.2) is 0 Å². The van der Waals surface area contributed by atoms with Crippen LogP contribution in [0.1, 0.15) is 12.5 Å². The summed E-state index contributed by atoms with van der Waals surface area (Å²) in [6.45, 7) is 2.32. The lowest BCUT2D eigenvalue weighted by Crippen LogP contribution is -2.11. The van der Waals surface area contributed by atoms with Gasteiger partial charge >= 0.3 is 0 Å². The number of nitrogens with zero attached hydrogens (tertiary/aromatic N) is 1. The van der Waals surface area contributed by atoms with Crippen molar-refractivity contribution in [3.8, 4) is 5.75 Å². The first-order valence-electron chi connectivity index (χ1n) is 5.49. The van der Waals surface area contributed by atoms with E-state index in [0.717, 1.165) is 0 Å². The number of hydrogen-bond acceptors (Lipinski definition) is 5. The quantitative estimate of drug-likeness (QED) is 0.335. The molecule has 0 atom stereocenters. The van der Waals surface area contributed by atoms with Gasteiger partial charge in [-0.2, -0.15) is 0 Å². The number of oxime groups is 1. The van der Waals surface area contributed by atoms with Crippen LogP contribution < -0.4 is 4.74 Å². The number of hydrogen-bond donors (Lipinski definition) is 2. The second kappa shape index (κ2) is 7.62. The molecule has 5 nitrogen and oxygen atoms in total. The van der Waals surface area contributed by atoms with E-state index in [4.69, 9.17) is 19.8 Å². The summed E-state index contributed by atoms with van der Waals surface area (Å²) >= 11 is 0. The first-order valence-corrected chi connectivity index (χ1v) is 5.49. The van der Waals surface area contributed by atoms with E-state index in [9.17, 15) is 4.39 Å². The van der Waals surface area contributed by atoms with Gasteiger partial charge in [0, 0.05) is 5.56 Å². The topological polar surface area (TPSA) is 71.3 Å². The van der Waals surface area contributed by atoms with Gasteiger partial charge in [0.2, 0.25) is 0 Å². The molecular formula is C12H16FNO4. The molecular weight excluding hydrogens is 241 g/mol. The maximum Gasteiger partial charge on any atom is 0.128 e. The molecule has 0 bridgehead atoms. The lowest BCUT2D eigenvalue weighted by atomic mass is 10.1. The van der Waals surface area contributed by atoms with Gasteiger partial charge in [-0.25, -0.2) is 4.39 Å². The second-order valence-corrected chi connectivity index (χ2v) is 3.51. The average Bonchev–Trinajstić information content (AvgIpc) is 2.39. The molecule has 1 aromatic rings. The van der Waals surface area contributed by atoms with Crippen molar-refractivity contribution < 1.29 is 24.2 Å². The first-order chi connectivity index (χ1) is 8.69. The van der Waals surface area contributed by atoms with Crippen LogP contribution in [0.4, 0.5) is 4.39 Å².